The normalized spacial score (nSPS) is 11.6. The molecule has 1 unspecified atom stereocenters. The minimum atomic E-state index is -0.510. The molecular weight excluding hydrogens is 321 g/mol. The standard InChI is InChI=1S/C17H20ClNO2.ClH/c1-2-21-17-9-8-13(10-15(17)18)11-19-12-16(20)14-6-4-3-5-7-14;/h3-10,16,19-20H,2,11-12H2,1H3;1H/p-1. The second kappa shape index (κ2) is 9.70. The Kier molecular flexibility index (Phi) is 8.28. The molecule has 0 aliphatic heterocycles. The second-order valence-electron chi connectivity index (χ2n) is 4.76. The molecule has 0 aromatic heterocycles. The first-order valence-electron chi connectivity index (χ1n) is 7.05. The largest absolute Gasteiger partial charge is 1.00 e. The van der Waals surface area contributed by atoms with Crippen molar-refractivity contribution in [3.8, 4) is 5.75 Å². The molecule has 0 spiro atoms. The van der Waals surface area contributed by atoms with Gasteiger partial charge >= 0.3 is 0 Å². The summed E-state index contributed by atoms with van der Waals surface area (Å²) in [6, 6.07) is 15.3. The maximum Gasteiger partial charge on any atom is 0.137 e. The Hall–Kier alpha value is -1.26. The van der Waals surface area contributed by atoms with Gasteiger partial charge in [0.2, 0.25) is 0 Å². The average Bonchev–Trinajstić information content (AvgIpc) is 2.51. The van der Waals surface area contributed by atoms with Crippen LogP contribution < -0.4 is 22.5 Å². The van der Waals surface area contributed by atoms with E-state index in [0.717, 1.165) is 11.1 Å². The molecule has 0 saturated carbocycles. The number of ether oxygens (including phenoxy) is 1. The Balaban J connectivity index is 0.00000242. The van der Waals surface area contributed by atoms with Gasteiger partial charge < -0.3 is 27.6 Å². The summed E-state index contributed by atoms with van der Waals surface area (Å²) >= 11 is 6.14. The van der Waals surface area contributed by atoms with E-state index in [1.54, 1.807) is 0 Å². The molecule has 2 N–H and O–H groups in total. The smallest absolute Gasteiger partial charge is 0.137 e. The summed E-state index contributed by atoms with van der Waals surface area (Å²) in [5.41, 5.74) is 1.97. The fourth-order valence-electron chi connectivity index (χ4n) is 2.07. The van der Waals surface area contributed by atoms with Crippen LogP contribution >= 0.6 is 11.6 Å². The minimum absolute atomic E-state index is 0. The highest BCUT2D eigenvalue weighted by Gasteiger charge is 2.07. The van der Waals surface area contributed by atoms with E-state index in [0.29, 0.717) is 30.5 Å². The van der Waals surface area contributed by atoms with Crippen molar-refractivity contribution < 1.29 is 22.3 Å². The third-order valence-corrected chi connectivity index (χ3v) is 3.44. The van der Waals surface area contributed by atoms with Gasteiger partial charge in [-0.25, -0.2) is 0 Å². The fraction of sp³-hybridized carbons (Fsp3) is 0.294. The number of aliphatic hydroxyl groups excluding tert-OH is 1. The van der Waals surface area contributed by atoms with Gasteiger partial charge in [0.25, 0.3) is 0 Å². The van der Waals surface area contributed by atoms with Gasteiger partial charge in [0.1, 0.15) is 5.75 Å². The summed E-state index contributed by atoms with van der Waals surface area (Å²) in [6.07, 6.45) is -0.510. The van der Waals surface area contributed by atoms with E-state index in [4.69, 9.17) is 16.3 Å². The van der Waals surface area contributed by atoms with Gasteiger partial charge in [0, 0.05) is 13.1 Å². The Morgan fingerprint density at radius 3 is 2.55 bits per heavy atom. The zero-order valence-corrected chi connectivity index (χ0v) is 13.9. The van der Waals surface area contributed by atoms with Gasteiger partial charge in [0.15, 0.2) is 0 Å². The number of nitrogens with one attached hydrogen (secondary N) is 1. The molecule has 120 valence electrons. The number of aliphatic hydroxyl groups is 1. The lowest BCUT2D eigenvalue weighted by Gasteiger charge is -2.13. The van der Waals surface area contributed by atoms with Crippen LogP contribution in [0.25, 0.3) is 0 Å². The van der Waals surface area contributed by atoms with E-state index in [-0.39, 0.29) is 12.4 Å². The predicted molar refractivity (Wildman–Crippen MR) is 85.7 cm³/mol. The van der Waals surface area contributed by atoms with Gasteiger partial charge in [-0.1, -0.05) is 48.0 Å². The summed E-state index contributed by atoms with van der Waals surface area (Å²) < 4.78 is 5.40. The Bertz CT molecular complexity index is 564. The molecule has 2 rings (SSSR count). The number of rotatable bonds is 7. The minimum Gasteiger partial charge on any atom is -1.00 e. The first-order valence-corrected chi connectivity index (χ1v) is 7.43. The Labute approximate surface area is 142 Å². The highest BCUT2D eigenvalue weighted by molar-refractivity contribution is 6.32. The van der Waals surface area contributed by atoms with Crippen LogP contribution in [-0.4, -0.2) is 18.3 Å². The summed E-state index contributed by atoms with van der Waals surface area (Å²) in [4.78, 5) is 0. The number of benzene rings is 2. The lowest BCUT2D eigenvalue weighted by Crippen LogP contribution is -3.00. The average molecular weight is 341 g/mol. The highest BCUT2D eigenvalue weighted by Crippen LogP contribution is 2.25. The predicted octanol–water partition coefficient (Wildman–Crippen LogP) is 0.566. The van der Waals surface area contributed by atoms with Crippen molar-refractivity contribution in [3.05, 3.63) is 64.7 Å². The lowest BCUT2D eigenvalue weighted by molar-refractivity contribution is -0.00000643. The zero-order chi connectivity index (χ0) is 15.1. The van der Waals surface area contributed by atoms with Crippen molar-refractivity contribution >= 4 is 11.6 Å². The molecule has 1 atom stereocenters. The third-order valence-electron chi connectivity index (χ3n) is 3.15. The molecule has 0 fully saturated rings. The van der Waals surface area contributed by atoms with Crippen molar-refractivity contribution in [2.75, 3.05) is 13.2 Å². The van der Waals surface area contributed by atoms with Gasteiger partial charge in [-0.2, -0.15) is 0 Å². The molecule has 0 bridgehead atoms. The van der Waals surface area contributed by atoms with Gasteiger partial charge in [-0.3, -0.25) is 0 Å². The molecule has 3 nitrogen and oxygen atoms in total. The first kappa shape index (κ1) is 18.8. The van der Waals surface area contributed by atoms with Crippen molar-refractivity contribution in [1.29, 1.82) is 0 Å². The topological polar surface area (TPSA) is 41.5 Å². The van der Waals surface area contributed by atoms with E-state index in [1.807, 2.05) is 55.5 Å². The Morgan fingerprint density at radius 2 is 1.91 bits per heavy atom. The van der Waals surface area contributed by atoms with Crippen molar-refractivity contribution in [3.63, 3.8) is 0 Å². The third kappa shape index (κ3) is 5.50. The maximum absolute atomic E-state index is 10.1. The molecule has 0 heterocycles. The van der Waals surface area contributed by atoms with Crippen molar-refractivity contribution in [2.45, 2.75) is 19.6 Å². The number of hydrogen-bond acceptors (Lipinski definition) is 3. The molecule has 0 aliphatic rings. The molecule has 0 aliphatic carbocycles. The number of hydrogen-bond donors (Lipinski definition) is 2. The van der Waals surface area contributed by atoms with Gasteiger partial charge in [-0.15, -0.1) is 0 Å². The number of halogens is 2. The van der Waals surface area contributed by atoms with E-state index in [2.05, 4.69) is 5.32 Å². The van der Waals surface area contributed by atoms with Crippen LogP contribution in [0.4, 0.5) is 0 Å². The van der Waals surface area contributed by atoms with Crippen LogP contribution in [0.5, 0.6) is 5.75 Å². The van der Waals surface area contributed by atoms with Gasteiger partial charge in [-0.05, 0) is 30.2 Å². The van der Waals surface area contributed by atoms with Crippen LogP contribution in [0.3, 0.4) is 0 Å². The summed E-state index contributed by atoms with van der Waals surface area (Å²) in [6.45, 7) is 3.67. The molecule has 5 heteroatoms. The summed E-state index contributed by atoms with van der Waals surface area (Å²) in [5, 5.41) is 13.9. The van der Waals surface area contributed by atoms with Crippen LogP contribution in [-0.2, 0) is 6.54 Å². The van der Waals surface area contributed by atoms with Crippen molar-refractivity contribution in [1.82, 2.24) is 5.32 Å². The summed E-state index contributed by atoms with van der Waals surface area (Å²) in [5.74, 6) is 0.701. The molecular formula is C17H20Cl2NO2-. The second-order valence-corrected chi connectivity index (χ2v) is 5.16. The van der Waals surface area contributed by atoms with E-state index in [1.165, 1.54) is 0 Å². The fourth-order valence-corrected chi connectivity index (χ4v) is 2.33. The molecule has 0 amide bonds. The molecule has 0 saturated heterocycles. The van der Waals surface area contributed by atoms with Gasteiger partial charge in [0.05, 0.1) is 17.7 Å². The van der Waals surface area contributed by atoms with E-state index in [9.17, 15) is 5.11 Å². The molecule has 0 radical (unpaired) electrons. The molecule has 22 heavy (non-hydrogen) atoms. The van der Waals surface area contributed by atoms with Crippen LogP contribution in [0.15, 0.2) is 48.5 Å². The summed E-state index contributed by atoms with van der Waals surface area (Å²) in [7, 11) is 0. The highest BCUT2D eigenvalue weighted by atomic mass is 35.5. The van der Waals surface area contributed by atoms with Crippen LogP contribution in [0.2, 0.25) is 5.02 Å². The molecule has 2 aromatic carbocycles. The zero-order valence-electron chi connectivity index (χ0n) is 12.4. The lowest BCUT2D eigenvalue weighted by atomic mass is 10.1. The Morgan fingerprint density at radius 1 is 1.18 bits per heavy atom. The van der Waals surface area contributed by atoms with Crippen LogP contribution in [0, 0.1) is 0 Å². The molecule has 2 aromatic rings. The monoisotopic (exact) mass is 340 g/mol. The first-order chi connectivity index (χ1) is 10.2. The van der Waals surface area contributed by atoms with E-state index >= 15 is 0 Å². The maximum atomic E-state index is 10.1. The van der Waals surface area contributed by atoms with Crippen LogP contribution in [0.1, 0.15) is 24.2 Å². The van der Waals surface area contributed by atoms with E-state index < -0.39 is 6.10 Å². The van der Waals surface area contributed by atoms with Crippen molar-refractivity contribution in [2.24, 2.45) is 0 Å². The quantitative estimate of drug-likeness (QED) is 0.774. The SMILES string of the molecule is CCOc1ccc(CNCC(O)c2ccccc2)cc1Cl.[Cl-].